The van der Waals surface area contributed by atoms with E-state index >= 15 is 0 Å². The first-order valence-corrected chi connectivity index (χ1v) is 10.0. The van der Waals surface area contributed by atoms with Crippen LogP contribution in [0.1, 0.15) is 18.1 Å². The van der Waals surface area contributed by atoms with Crippen molar-refractivity contribution in [3.63, 3.8) is 0 Å². The molecule has 3 aromatic carbocycles. The van der Waals surface area contributed by atoms with Crippen molar-refractivity contribution in [2.24, 2.45) is 5.10 Å². The first kappa shape index (κ1) is 19.7. The quantitative estimate of drug-likeness (QED) is 0.608. The van der Waals surface area contributed by atoms with Crippen LogP contribution < -0.4 is 9.64 Å². The average molecular weight is 399 g/mol. The number of fused-ring (bicyclic) bond motifs is 1. The van der Waals surface area contributed by atoms with Gasteiger partial charge in [0.2, 0.25) is 0 Å². The molecule has 0 aliphatic carbocycles. The highest BCUT2D eigenvalue weighted by Crippen LogP contribution is 2.33. The molecule has 1 aliphatic rings. The third-order valence-corrected chi connectivity index (χ3v) is 5.45. The van der Waals surface area contributed by atoms with E-state index in [0.717, 1.165) is 34.5 Å². The van der Waals surface area contributed by atoms with E-state index in [1.165, 1.54) is 5.56 Å². The van der Waals surface area contributed by atoms with Gasteiger partial charge in [-0.2, -0.15) is 5.10 Å². The van der Waals surface area contributed by atoms with Crippen molar-refractivity contribution < 1.29 is 9.53 Å². The number of urea groups is 1. The lowest BCUT2D eigenvalue weighted by Gasteiger charge is -2.28. The topological polar surface area (TPSA) is 45.1 Å². The van der Waals surface area contributed by atoms with E-state index < -0.39 is 0 Å². The Morgan fingerprint density at radius 3 is 2.57 bits per heavy atom. The highest BCUT2D eigenvalue weighted by atomic mass is 16.5. The van der Waals surface area contributed by atoms with Crippen LogP contribution in [0.5, 0.6) is 5.75 Å². The summed E-state index contributed by atoms with van der Waals surface area (Å²) >= 11 is 0. The third kappa shape index (κ3) is 3.79. The normalized spacial score (nSPS) is 15.3. The molecule has 0 saturated heterocycles. The zero-order chi connectivity index (χ0) is 21.1. The highest BCUT2D eigenvalue weighted by molar-refractivity contribution is 5.94. The molecular weight excluding hydrogens is 374 g/mol. The summed E-state index contributed by atoms with van der Waals surface area (Å²) in [5, 5.41) is 6.04. The standard InChI is InChI=1S/C25H25N3O2/c1-18-15-20-11-7-8-12-21(20)17-26-28(18)25(29)27(2)22-13-14-23(24(16-22)30-3)19-9-5-4-6-10-19/h4-14,16-18H,15H2,1-3H3. The monoisotopic (exact) mass is 399 g/mol. The maximum Gasteiger partial charge on any atom is 0.344 e. The molecular formula is C25H25N3O2. The number of hydrogen-bond donors (Lipinski definition) is 0. The summed E-state index contributed by atoms with van der Waals surface area (Å²) in [5.41, 5.74) is 5.05. The minimum absolute atomic E-state index is 0.0506. The van der Waals surface area contributed by atoms with Crippen LogP contribution in [0.15, 0.2) is 77.9 Å². The summed E-state index contributed by atoms with van der Waals surface area (Å²) in [7, 11) is 3.41. The number of amides is 2. The summed E-state index contributed by atoms with van der Waals surface area (Å²) in [6.45, 7) is 2.02. The predicted molar refractivity (Wildman–Crippen MR) is 121 cm³/mol. The number of rotatable bonds is 3. The molecule has 1 atom stereocenters. The Morgan fingerprint density at radius 2 is 1.80 bits per heavy atom. The van der Waals surface area contributed by atoms with E-state index in [0.29, 0.717) is 0 Å². The molecule has 0 saturated carbocycles. The number of carbonyl (C=O) groups excluding carboxylic acids is 1. The fourth-order valence-electron chi connectivity index (χ4n) is 3.74. The van der Waals surface area contributed by atoms with Crippen molar-refractivity contribution in [2.75, 3.05) is 19.1 Å². The summed E-state index contributed by atoms with van der Waals surface area (Å²) in [6, 6.07) is 23.7. The summed E-state index contributed by atoms with van der Waals surface area (Å²) in [4.78, 5) is 14.9. The highest BCUT2D eigenvalue weighted by Gasteiger charge is 2.26. The zero-order valence-corrected chi connectivity index (χ0v) is 17.4. The molecule has 0 radical (unpaired) electrons. The van der Waals surface area contributed by atoms with Crippen LogP contribution >= 0.6 is 0 Å². The van der Waals surface area contributed by atoms with E-state index in [1.807, 2.05) is 73.7 Å². The van der Waals surface area contributed by atoms with E-state index in [1.54, 1.807) is 30.3 Å². The van der Waals surface area contributed by atoms with Gasteiger partial charge in [0.25, 0.3) is 0 Å². The maximum absolute atomic E-state index is 13.3. The molecule has 2 amide bonds. The van der Waals surface area contributed by atoms with Crippen LogP contribution in [-0.2, 0) is 6.42 Å². The van der Waals surface area contributed by atoms with Gasteiger partial charge in [-0.1, -0.05) is 54.6 Å². The van der Waals surface area contributed by atoms with Crippen LogP contribution in [0.2, 0.25) is 0 Å². The molecule has 5 heteroatoms. The van der Waals surface area contributed by atoms with Gasteiger partial charge in [-0.3, -0.25) is 4.90 Å². The summed E-state index contributed by atoms with van der Waals surface area (Å²) < 4.78 is 5.62. The fourth-order valence-corrected chi connectivity index (χ4v) is 3.74. The van der Waals surface area contributed by atoms with Gasteiger partial charge in [-0.25, -0.2) is 9.80 Å². The summed E-state index contributed by atoms with van der Waals surface area (Å²) in [6.07, 6.45) is 2.52. The number of nitrogens with zero attached hydrogens (tertiary/aromatic N) is 3. The minimum Gasteiger partial charge on any atom is -0.496 e. The molecule has 0 N–H and O–H groups in total. The van der Waals surface area contributed by atoms with Crippen LogP contribution in [0.3, 0.4) is 0 Å². The Kier molecular flexibility index (Phi) is 5.53. The molecule has 3 aromatic rings. The second-order valence-electron chi connectivity index (χ2n) is 7.43. The van der Waals surface area contributed by atoms with E-state index in [4.69, 9.17) is 4.74 Å². The van der Waals surface area contributed by atoms with Gasteiger partial charge in [0.05, 0.1) is 19.4 Å². The van der Waals surface area contributed by atoms with Crippen LogP contribution in [0.25, 0.3) is 11.1 Å². The lowest BCUT2D eigenvalue weighted by Crippen LogP contribution is -2.43. The molecule has 1 heterocycles. The molecule has 1 unspecified atom stereocenters. The molecule has 4 rings (SSSR count). The van der Waals surface area contributed by atoms with Crippen molar-refractivity contribution in [3.8, 4) is 16.9 Å². The van der Waals surface area contributed by atoms with Crippen molar-refractivity contribution in [3.05, 3.63) is 83.9 Å². The van der Waals surface area contributed by atoms with Crippen LogP contribution in [0.4, 0.5) is 10.5 Å². The first-order chi connectivity index (χ1) is 14.6. The van der Waals surface area contributed by atoms with E-state index in [9.17, 15) is 4.79 Å². The lowest BCUT2D eigenvalue weighted by molar-refractivity contribution is 0.190. The maximum atomic E-state index is 13.3. The van der Waals surface area contributed by atoms with Crippen molar-refractivity contribution in [1.29, 1.82) is 0 Å². The minimum atomic E-state index is -0.180. The average Bonchev–Trinajstić information content (AvgIpc) is 2.96. The van der Waals surface area contributed by atoms with Gasteiger partial charge in [-0.05, 0) is 42.2 Å². The van der Waals surface area contributed by atoms with Gasteiger partial charge in [-0.15, -0.1) is 0 Å². The molecule has 5 nitrogen and oxygen atoms in total. The van der Waals surface area contributed by atoms with Crippen LogP contribution in [-0.4, -0.2) is 37.5 Å². The van der Waals surface area contributed by atoms with Gasteiger partial charge < -0.3 is 4.74 Å². The first-order valence-electron chi connectivity index (χ1n) is 10.0. The Morgan fingerprint density at radius 1 is 1.07 bits per heavy atom. The fraction of sp³-hybridized carbons (Fsp3) is 0.200. The van der Waals surface area contributed by atoms with E-state index in [2.05, 4.69) is 11.2 Å². The number of hydrazone groups is 1. The Balaban J connectivity index is 1.60. The van der Waals surface area contributed by atoms with Gasteiger partial charge in [0.15, 0.2) is 0 Å². The van der Waals surface area contributed by atoms with Crippen molar-refractivity contribution in [2.45, 2.75) is 19.4 Å². The molecule has 0 fully saturated rings. The third-order valence-electron chi connectivity index (χ3n) is 5.45. The molecule has 30 heavy (non-hydrogen) atoms. The predicted octanol–water partition coefficient (Wildman–Crippen LogP) is 5.20. The van der Waals surface area contributed by atoms with Crippen LogP contribution in [0, 0.1) is 0 Å². The van der Waals surface area contributed by atoms with Crippen molar-refractivity contribution in [1.82, 2.24) is 5.01 Å². The molecule has 0 aromatic heterocycles. The second kappa shape index (κ2) is 8.41. The Bertz CT molecular complexity index is 1080. The molecule has 1 aliphatic heterocycles. The largest absolute Gasteiger partial charge is 0.496 e. The number of carbonyl (C=O) groups is 1. The number of benzene rings is 3. The Hall–Kier alpha value is -3.60. The summed E-state index contributed by atoms with van der Waals surface area (Å²) in [5.74, 6) is 0.721. The molecule has 0 bridgehead atoms. The molecule has 152 valence electrons. The smallest absolute Gasteiger partial charge is 0.344 e. The molecule has 0 spiro atoms. The number of methoxy groups -OCH3 is 1. The van der Waals surface area contributed by atoms with Gasteiger partial charge >= 0.3 is 6.03 Å². The number of hydrogen-bond acceptors (Lipinski definition) is 3. The Labute approximate surface area is 177 Å². The van der Waals surface area contributed by atoms with Gasteiger partial charge in [0.1, 0.15) is 5.75 Å². The van der Waals surface area contributed by atoms with Crippen molar-refractivity contribution >= 4 is 17.9 Å². The number of ether oxygens (including phenoxy) is 1. The SMILES string of the molecule is COc1cc(N(C)C(=O)N2N=Cc3ccccc3CC2C)ccc1-c1ccccc1. The zero-order valence-electron chi connectivity index (χ0n) is 17.4. The second-order valence-corrected chi connectivity index (χ2v) is 7.43. The lowest BCUT2D eigenvalue weighted by atomic mass is 10.0. The number of anilines is 1. The van der Waals surface area contributed by atoms with E-state index in [-0.39, 0.29) is 12.1 Å². The van der Waals surface area contributed by atoms with Gasteiger partial charge in [0, 0.05) is 24.4 Å².